The van der Waals surface area contributed by atoms with Crippen LogP contribution in [-0.4, -0.2) is 41.4 Å². The first-order chi connectivity index (χ1) is 13.0. The Labute approximate surface area is 156 Å². The van der Waals surface area contributed by atoms with Crippen LogP contribution >= 0.6 is 0 Å². The topological polar surface area (TPSA) is 105 Å². The monoisotopic (exact) mass is 371 g/mol. The molecule has 8 nitrogen and oxygen atoms in total. The molecule has 3 aliphatic rings. The summed E-state index contributed by atoms with van der Waals surface area (Å²) in [6, 6.07) is 4.80. The first-order valence-electron chi connectivity index (χ1n) is 9.18. The second-order valence-electron chi connectivity index (χ2n) is 7.29. The van der Waals surface area contributed by atoms with Crippen molar-refractivity contribution >= 4 is 23.8 Å². The standard InChI is InChI=1S/C19H21N3O5/c23-16-6-5-15(17(24)21-16)22-9-13-4-3-12(7-14(13)18(22)25)8-20-19(26)27-10-11-1-2-11/h3-4,7,11,15H,1-2,5-6,8-10H2,(H,20,26)(H,21,23,24). The molecule has 1 aliphatic carbocycles. The normalized spacial score (nSPS) is 21.7. The van der Waals surface area contributed by atoms with Crippen molar-refractivity contribution < 1.29 is 23.9 Å². The van der Waals surface area contributed by atoms with Gasteiger partial charge in [-0.3, -0.25) is 19.7 Å². The van der Waals surface area contributed by atoms with Crippen molar-refractivity contribution in [2.45, 2.75) is 44.8 Å². The van der Waals surface area contributed by atoms with Gasteiger partial charge in [0.1, 0.15) is 6.04 Å². The molecule has 1 aromatic carbocycles. The van der Waals surface area contributed by atoms with E-state index in [1.165, 1.54) is 4.90 Å². The van der Waals surface area contributed by atoms with E-state index in [4.69, 9.17) is 4.74 Å². The predicted octanol–water partition coefficient (Wildman–Crippen LogP) is 1.08. The molecule has 0 bridgehead atoms. The highest BCUT2D eigenvalue weighted by atomic mass is 16.5. The largest absolute Gasteiger partial charge is 0.449 e. The number of hydrogen-bond acceptors (Lipinski definition) is 5. The molecule has 2 N–H and O–H groups in total. The number of amides is 4. The van der Waals surface area contributed by atoms with Gasteiger partial charge >= 0.3 is 6.09 Å². The number of nitrogens with zero attached hydrogens (tertiary/aromatic N) is 1. The first kappa shape index (κ1) is 17.5. The van der Waals surface area contributed by atoms with Crippen LogP contribution in [0, 0.1) is 5.92 Å². The predicted molar refractivity (Wildman–Crippen MR) is 93.4 cm³/mol. The molecule has 2 aliphatic heterocycles. The summed E-state index contributed by atoms with van der Waals surface area (Å²) >= 11 is 0. The molecule has 1 saturated carbocycles. The maximum Gasteiger partial charge on any atom is 0.407 e. The van der Waals surface area contributed by atoms with Gasteiger partial charge in [0.2, 0.25) is 11.8 Å². The van der Waals surface area contributed by atoms with E-state index in [2.05, 4.69) is 10.6 Å². The van der Waals surface area contributed by atoms with Gasteiger partial charge in [0.15, 0.2) is 0 Å². The fourth-order valence-electron chi connectivity index (χ4n) is 3.42. The summed E-state index contributed by atoms with van der Waals surface area (Å²) in [7, 11) is 0. The molecule has 1 unspecified atom stereocenters. The number of ether oxygens (including phenoxy) is 1. The fourth-order valence-corrected chi connectivity index (χ4v) is 3.42. The summed E-state index contributed by atoms with van der Waals surface area (Å²) in [4.78, 5) is 49.3. The molecule has 142 valence electrons. The number of nitrogens with one attached hydrogen (secondary N) is 2. The van der Waals surface area contributed by atoms with E-state index in [0.29, 0.717) is 31.1 Å². The maximum absolute atomic E-state index is 12.7. The summed E-state index contributed by atoms with van der Waals surface area (Å²) in [6.07, 6.45) is 2.34. The van der Waals surface area contributed by atoms with Crippen LogP contribution in [0.5, 0.6) is 0 Å². The van der Waals surface area contributed by atoms with E-state index in [9.17, 15) is 19.2 Å². The number of piperidine rings is 1. The Morgan fingerprint density at radius 2 is 2.04 bits per heavy atom. The Balaban J connectivity index is 1.38. The number of carbonyl (C=O) groups is 4. The summed E-state index contributed by atoms with van der Waals surface area (Å²) in [6.45, 7) is 1.06. The molecule has 8 heteroatoms. The van der Waals surface area contributed by atoms with Crippen molar-refractivity contribution in [1.29, 1.82) is 0 Å². The molecule has 1 aromatic rings. The van der Waals surface area contributed by atoms with E-state index < -0.39 is 18.0 Å². The van der Waals surface area contributed by atoms with Crippen LogP contribution in [0.4, 0.5) is 4.79 Å². The Morgan fingerprint density at radius 1 is 1.22 bits per heavy atom. The van der Waals surface area contributed by atoms with E-state index >= 15 is 0 Å². The SMILES string of the molecule is O=C1CCC(N2Cc3ccc(CNC(=O)OCC4CC4)cc3C2=O)C(=O)N1. The number of imide groups is 1. The summed E-state index contributed by atoms with van der Waals surface area (Å²) in [5, 5.41) is 4.98. The second-order valence-corrected chi connectivity index (χ2v) is 7.29. The van der Waals surface area contributed by atoms with Crippen LogP contribution < -0.4 is 10.6 Å². The lowest BCUT2D eigenvalue weighted by molar-refractivity contribution is -0.136. The van der Waals surface area contributed by atoms with Crippen LogP contribution in [0.2, 0.25) is 0 Å². The fraction of sp³-hybridized carbons (Fsp3) is 0.474. The average Bonchev–Trinajstić information content (AvgIpc) is 3.42. The summed E-state index contributed by atoms with van der Waals surface area (Å²) < 4.78 is 5.12. The van der Waals surface area contributed by atoms with Crippen molar-refractivity contribution in [2.24, 2.45) is 5.92 Å². The Kier molecular flexibility index (Phi) is 4.55. The Hall–Kier alpha value is -2.90. The molecule has 2 fully saturated rings. The Morgan fingerprint density at radius 3 is 2.78 bits per heavy atom. The highest BCUT2D eigenvalue weighted by Crippen LogP contribution is 2.29. The summed E-state index contributed by atoms with van der Waals surface area (Å²) in [5.41, 5.74) is 2.16. The van der Waals surface area contributed by atoms with E-state index in [-0.39, 0.29) is 24.8 Å². The molecule has 4 amide bonds. The number of hydrogen-bond donors (Lipinski definition) is 2. The third kappa shape index (κ3) is 3.79. The van der Waals surface area contributed by atoms with Crippen LogP contribution in [0.15, 0.2) is 18.2 Å². The van der Waals surface area contributed by atoms with Gasteiger partial charge in [0, 0.05) is 25.1 Å². The third-order valence-corrected chi connectivity index (χ3v) is 5.18. The van der Waals surface area contributed by atoms with Crippen LogP contribution in [0.1, 0.15) is 47.2 Å². The number of carbonyl (C=O) groups excluding carboxylic acids is 4. The zero-order valence-corrected chi connectivity index (χ0v) is 14.8. The lowest BCUT2D eigenvalue weighted by atomic mass is 10.0. The van der Waals surface area contributed by atoms with E-state index in [0.717, 1.165) is 24.0 Å². The van der Waals surface area contributed by atoms with Crippen molar-refractivity contribution in [3.05, 3.63) is 34.9 Å². The highest BCUT2D eigenvalue weighted by molar-refractivity contribution is 6.05. The minimum absolute atomic E-state index is 0.224. The second kappa shape index (κ2) is 7.02. The zero-order chi connectivity index (χ0) is 19.0. The molecule has 4 rings (SSSR count). The van der Waals surface area contributed by atoms with Gasteiger partial charge in [0.05, 0.1) is 6.61 Å². The third-order valence-electron chi connectivity index (χ3n) is 5.18. The molecule has 27 heavy (non-hydrogen) atoms. The van der Waals surface area contributed by atoms with Gasteiger partial charge in [-0.2, -0.15) is 0 Å². The van der Waals surface area contributed by atoms with Crippen LogP contribution in [-0.2, 0) is 27.4 Å². The van der Waals surface area contributed by atoms with Crippen LogP contribution in [0.25, 0.3) is 0 Å². The minimum Gasteiger partial charge on any atom is -0.449 e. The van der Waals surface area contributed by atoms with Crippen molar-refractivity contribution in [3.8, 4) is 0 Å². The lowest BCUT2D eigenvalue weighted by Gasteiger charge is -2.29. The van der Waals surface area contributed by atoms with E-state index in [1.807, 2.05) is 12.1 Å². The summed E-state index contributed by atoms with van der Waals surface area (Å²) in [5.74, 6) is -0.445. The molecule has 0 radical (unpaired) electrons. The van der Waals surface area contributed by atoms with Crippen molar-refractivity contribution in [2.75, 3.05) is 6.61 Å². The van der Waals surface area contributed by atoms with E-state index in [1.54, 1.807) is 6.07 Å². The highest BCUT2D eigenvalue weighted by Gasteiger charge is 2.39. The van der Waals surface area contributed by atoms with Gasteiger partial charge in [-0.15, -0.1) is 0 Å². The molecular formula is C19H21N3O5. The number of rotatable bonds is 5. The number of benzene rings is 1. The van der Waals surface area contributed by atoms with Crippen molar-refractivity contribution in [1.82, 2.24) is 15.5 Å². The van der Waals surface area contributed by atoms with Crippen LogP contribution in [0.3, 0.4) is 0 Å². The van der Waals surface area contributed by atoms with Gasteiger partial charge in [-0.05, 0) is 42.4 Å². The van der Waals surface area contributed by atoms with Gasteiger partial charge in [-0.25, -0.2) is 4.79 Å². The molecule has 0 spiro atoms. The molecule has 1 saturated heterocycles. The zero-order valence-electron chi connectivity index (χ0n) is 14.8. The average molecular weight is 371 g/mol. The molecular weight excluding hydrogens is 350 g/mol. The molecule has 0 aromatic heterocycles. The maximum atomic E-state index is 12.7. The number of fused-ring (bicyclic) bond motifs is 1. The van der Waals surface area contributed by atoms with Gasteiger partial charge in [-0.1, -0.05) is 12.1 Å². The molecule has 1 atom stereocenters. The van der Waals surface area contributed by atoms with Gasteiger partial charge in [0.25, 0.3) is 5.91 Å². The number of alkyl carbamates (subject to hydrolysis) is 1. The smallest absolute Gasteiger partial charge is 0.407 e. The quantitative estimate of drug-likeness (QED) is 0.754. The molecule has 2 heterocycles. The Bertz CT molecular complexity index is 818. The van der Waals surface area contributed by atoms with Gasteiger partial charge < -0.3 is 15.0 Å². The minimum atomic E-state index is -0.624. The van der Waals surface area contributed by atoms with Crippen molar-refractivity contribution in [3.63, 3.8) is 0 Å². The lowest BCUT2D eigenvalue weighted by Crippen LogP contribution is -2.52. The first-order valence-corrected chi connectivity index (χ1v) is 9.18.